The van der Waals surface area contributed by atoms with E-state index in [-0.39, 0.29) is 0 Å². The molecule has 22 heavy (non-hydrogen) atoms. The molecule has 0 bridgehead atoms. The maximum atomic E-state index is 3.45. The molecule has 3 aliphatic rings. The first-order valence-electron chi connectivity index (χ1n) is 8.79. The van der Waals surface area contributed by atoms with Crippen molar-refractivity contribution < 1.29 is 0 Å². The van der Waals surface area contributed by atoms with Gasteiger partial charge in [0.2, 0.25) is 0 Å². The van der Waals surface area contributed by atoms with Crippen LogP contribution in [0.1, 0.15) is 12.8 Å². The summed E-state index contributed by atoms with van der Waals surface area (Å²) in [6, 6.07) is 10.8. The first-order chi connectivity index (χ1) is 10.8. The van der Waals surface area contributed by atoms with Gasteiger partial charge in [-0.25, -0.2) is 0 Å². The minimum absolute atomic E-state index is 0.669. The monoisotopic (exact) mass is 300 g/mol. The SMILES string of the molecule is c1ccc(N2CCN(CN3CCC4(CC3)CNC4)CC2)cc1. The van der Waals surface area contributed by atoms with Crippen LogP contribution in [0, 0.1) is 5.41 Å². The molecule has 0 amide bonds. The topological polar surface area (TPSA) is 21.8 Å². The second-order valence-corrected chi connectivity index (χ2v) is 7.30. The fraction of sp³-hybridized carbons (Fsp3) is 0.667. The molecule has 0 aromatic heterocycles. The van der Waals surface area contributed by atoms with E-state index in [0.29, 0.717) is 5.41 Å². The Morgan fingerprint density at radius 2 is 1.45 bits per heavy atom. The summed E-state index contributed by atoms with van der Waals surface area (Å²) in [5.41, 5.74) is 2.04. The van der Waals surface area contributed by atoms with Crippen molar-refractivity contribution in [1.29, 1.82) is 0 Å². The highest BCUT2D eigenvalue weighted by Crippen LogP contribution is 2.34. The molecular weight excluding hydrogens is 272 g/mol. The predicted octanol–water partition coefficient (Wildman–Crippen LogP) is 1.45. The van der Waals surface area contributed by atoms with Crippen molar-refractivity contribution in [2.24, 2.45) is 5.41 Å². The molecule has 1 aromatic carbocycles. The Bertz CT molecular complexity index is 467. The van der Waals surface area contributed by atoms with Crippen molar-refractivity contribution in [1.82, 2.24) is 15.1 Å². The first-order valence-corrected chi connectivity index (χ1v) is 8.79. The fourth-order valence-electron chi connectivity index (χ4n) is 4.07. The first kappa shape index (κ1) is 14.5. The van der Waals surface area contributed by atoms with Crippen LogP contribution in [0.5, 0.6) is 0 Å². The molecule has 3 saturated heterocycles. The number of nitrogens with zero attached hydrogens (tertiary/aromatic N) is 3. The third-order valence-corrected chi connectivity index (χ3v) is 5.81. The van der Waals surface area contributed by atoms with Gasteiger partial charge in [-0.2, -0.15) is 0 Å². The number of nitrogens with one attached hydrogen (secondary N) is 1. The van der Waals surface area contributed by atoms with Crippen LogP contribution in [-0.2, 0) is 0 Å². The lowest BCUT2D eigenvalue weighted by molar-refractivity contribution is 0.0251. The summed E-state index contributed by atoms with van der Waals surface area (Å²) in [4.78, 5) is 7.82. The second kappa shape index (κ2) is 6.19. The largest absolute Gasteiger partial charge is 0.369 e. The van der Waals surface area contributed by atoms with Crippen molar-refractivity contribution in [3.63, 3.8) is 0 Å². The molecule has 1 aromatic rings. The molecule has 4 rings (SSSR count). The van der Waals surface area contributed by atoms with E-state index in [1.54, 1.807) is 0 Å². The number of hydrogen-bond acceptors (Lipinski definition) is 4. The van der Waals surface area contributed by atoms with Crippen LogP contribution < -0.4 is 10.2 Å². The number of likely N-dealkylation sites (tertiary alicyclic amines) is 1. The van der Waals surface area contributed by atoms with Crippen LogP contribution in [-0.4, -0.2) is 68.8 Å². The highest BCUT2D eigenvalue weighted by molar-refractivity contribution is 5.46. The summed E-state index contributed by atoms with van der Waals surface area (Å²) in [6.07, 6.45) is 2.79. The molecule has 3 aliphatic heterocycles. The van der Waals surface area contributed by atoms with E-state index in [1.165, 1.54) is 64.5 Å². The van der Waals surface area contributed by atoms with Crippen molar-refractivity contribution in [2.75, 3.05) is 63.9 Å². The van der Waals surface area contributed by atoms with Gasteiger partial charge in [0, 0.05) is 45.0 Å². The van der Waals surface area contributed by atoms with E-state index >= 15 is 0 Å². The van der Waals surface area contributed by atoms with E-state index in [4.69, 9.17) is 0 Å². The summed E-state index contributed by atoms with van der Waals surface area (Å²) < 4.78 is 0. The van der Waals surface area contributed by atoms with Gasteiger partial charge in [0.15, 0.2) is 0 Å². The van der Waals surface area contributed by atoms with Gasteiger partial charge in [-0.15, -0.1) is 0 Å². The van der Waals surface area contributed by atoms with Crippen molar-refractivity contribution >= 4 is 5.69 Å². The molecule has 3 heterocycles. The number of piperazine rings is 1. The molecule has 0 unspecified atom stereocenters. The number of benzene rings is 1. The molecule has 1 N–H and O–H groups in total. The lowest BCUT2D eigenvalue weighted by Crippen LogP contribution is -2.59. The van der Waals surface area contributed by atoms with Crippen LogP contribution in [0.3, 0.4) is 0 Å². The Hall–Kier alpha value is -1.10. The Morgan fingerprint density at radius 1 is 0.818 bits per heavy atom. The second-order valence-electron chi connectivity index (χ2n) is 7.30. The summed E-state index contributed by atoms with van der Waals surface area (Å²) in [5.74, 6) is 0. The lowest BCUT2D eigenvalue weighted by Gasteiger charge is -2.49. The van der Waals surface area contributed by atoms with Gasteiger partial charge in [-0.05, 0) is 43.5 Å². The standard InChI is InChI=1S/C18H28N4/c1-2-4-17(5-3-1)22-12-10-21(11-13-22)16-20-8-6-18(7-9-20)14-19-15-18/h1-5,19H,6-16H2. The smallest absolute Gasteiger partial charge is 0.0507 e. The van der Waals surface area contributed by atoms with E-state index in [2.05, 4.69) is 50.3 Å². The molecule has 4 nitrogen and oxygen atoms in total. The number of hydrogen-bond donors (Lipinski definition) is 1. The third-order valence-electron chi connectivity index (χ3n) is 5.81. The molecule has 120 valence electrons. The van der Waals surface area contributed by atoms with E-state index < -0.39 is 0 Å². The number of anilines is 1. The van der Waals surface area contributed by atoms with Gasteiger partial charge in [0.1, 0.15) is 0 Å². The minimum Gasteiger partial charge on any atom is -0.369 e. The quantitative estimate of drug-likeness (QED) is 0.912. The summed E-state index contributed by atoms with van der Waals surface area (Å²) in [5, 5.41) is 3.45. The van der Waals surface area contributed by atoms with Gasteiger partial charge in [-0.1, -0.05) is 18.2 Å². The third kappa shape index (κ3) is 3.00. The maximum Gasteiger partial charge on any atom is 0.0507 e. The molecule has 3 fully saturated rings. The molecular formula is C18H28N4. The van der Waals surface area contributed by atoms with E-state index in [1.807, 2.05) is 0 Å². The molecule has 0 radical (unpaired) electrons. The van der Waals surface area contributed by atoms with E-state index in [0.717, 1.165) is 13.1 Å². The average molecular weight is 300 g/mol. The summed E-state index contributed by atoms with van der Waals surface area (Å²) >= 11 is 0. The Balaban J connectivity index is 1.23. The fourth-order valence-corrected chi connectivity index (χ4v) is 4.07. The molecule has 1 spiro atoms. The molecule has 0 saturated carbocycles. The number of rotatable bonds is 3. The summed E-state index contributed by atoms with van der Waals surface area (Å²) in [6.45, 7) is 11.0. The number of para-hydroxylation sites is 1. The minimum atomic E-state index is 0.669. The van der Waals surface area contributed by atoms with Crippen LogP contribution in [0.25, 0.3) is 0 Å². The van der Waals surface area contributed by atoms with Gasteiger partial charge >= 0.3 is 0 Å². The Morgan fingerprint density at radius 3 is 2.05 bits per heavy atom. The van der Waals surface area contributed by atoms with Gasteiger partial charge in [0.05, 0.1) is 6.67 Å². The van der Waals surface area contributed by atoms with Crippen molar-refractivity contribution in [3.8, 4) is 0 Å². The average Bonchev–Trinajstić information content (AvgIpc) is 2.56. The van der Waals surface area contributed by atoms with Crippen LogP contribution in [0.4, 0.5) is 5.69 Å². The zero-order chi connectivity index (χ0) is 14.8. The predicted molar refractivity (Wildman–Crippen MR) is 91.2 cm³/mol. The zero-order valence-corrected chi connectivity index (χ0v) is 13.5. The van der Waals surface area contributed by atoms with Crippen LogP contribution >= 0.6 is 0 Å². The molecule has 0 aliphatic carbocycles. The van der Waals surface area contributed by atoms with Crippen molar-refractivity contribution in [3.05, 3.63) is 30.3 Å². The highest BCUT2D eigenvalue weighted by atomic mass is 15.4. The zero-order valence-electron chi connectivity index (χ0n) is 13.5. The molecule has 4 heteroatoms. The van der Waals surface area contributed by atoms with Crippen LogP contribution in [0.15, 0.2) is 30.3 Å². The Kier molecular flexibility index (Phi) is 4.07. The summed E-state index contributed by atoms with van der Waals surface area (Å²) in [7, 11) is 0. The van der Waals surface area contributed by atoms with E-state index in [9.17, 15) is 0 Å². The normalized spacial score (nSPS) is 26.1. The van der Waals surface area contributed by atoms with Crippen LogP contribution in [0.2, 0.25) is 0 Å². The number of piperidine rings is 1. The molecule has 0 atom stereocenters. The Labute approximate surface area is 134 Å². The van der Waals surface area contributed by atoms with Crippen molar-refractivity contribution in [2.45, 2.75) is 12.8 Å². The van der Waals surface area contributed by atoms with Gasteiger partial charge < -0.3 is 10.2 Å². The highest BCUT2D eigenvalue weighted by Gasteiger charge is 2.39. The maximum absolute atomic E-state index is 3.45. The van der Waals surface area contributed by atoms with Gasteiger partial charge in [-0.3, -0.25) is 9.80 Å². The van der Waals surface area contributed by atoms with Gasteiger partial charge in [0.25, 0.3) is 0 Å². The lowest BCUT2D eigenvalue weighted by atomic mass is 9.73.